The molecule has 3 heterocycles. The topological polar surface area (TPSA) is 105 Å². The van der Waals surface area contributed by atoms with Gasteiger partial charge in [0.1, 0.15) is 18.2 Å². The summed E-state index contributed by atoms with van der Waals surface area (Å²) in [6.45, 7) is 18.2. The van der Waals surface area contributed by atoms with E-state index in [-0.39, 0.29) is 16.7 Å². The summed E-state index contributed by atoms with van der Waals surface area (Å²) in [5.41, 5.74) is 22.6. The van der Waals surface area contributed by atoms with Gasteiger partial charge in [0.2, 0.25) is 0 Å². The molecule has 0 aromatic heterocycles. The summed E-state index contributed by atoms with van der Waals surface area (Å²) >= 11 is 0. The first-order chi connectivity index (χ1) is 40.5. The van der Waals surface area contributed by atoms with E-state index in [0.717, 1.165) is 107 Å². The van der Waals surface area contributed by atoms with Gasteiger partial charge in [0.05, 0.1) is 79.5 Å². The summed E-state index contributed by atoms with van der Waals surface area (Å²) in [4.78, 5) is 6.67. The molecule has 0 saturated carbocycles. The molecular weight excluding hydrogens is 1020 g/mol. The van der Waals surface area contributed by atoms with Crippen LogP contribution in [0.5, 0.6) is 0 Å². The van der Waals surface area contributed by atoms with Crippen LogP contribution in [-0.4, -0.2) is 0 Å². The van der Waals surface area contributed by atoms with Gasteiger partial charge in [0.15, 0.2) is 0 Å². The van der Waals surface area contributed by atoms with E-state index in [4.69, 9.17) is 0 Å². The molecule has 1 aliphatic carbocycles. The molecule has 0 amide bonds. The third-order valence-corrected chi connectivity index (χ3v) is 19.1. The zero-order chi connectivity index (χ0) is 58.2. The van der Waals surface area contributed by atoms with E-state index in [1.54, 1.807) is 12.1 Å². The fourth-order valence-electron chi connectivity index (χ4n) is 14.8. The van der Waals surface area contributed by atoms with Crippen molar-refractivity contribution in [2.75, 3.05) is 14.7 Å². The lowest BCUT2D eigenvalue weighted by Gasteiger charge is -2.44. The smallest absolute Gasteiger partial charge is 0.101 e. The molecule has 10 aromatic rings. The Kier molecular flexibility index (Phi) is 11.4. The molecule has 3 aliphatic heterocycles. The van der Waals surface area contributed by atoms with Gasteiger partial charge in [-0.05, 0) is 145 Å². The molecule has 14 rings (SSSR count). The van der Waals surface area contributed by atoms with Crippen LogP contribution in [0.3, 0.4) is 0 Å². The van der Waals surface area contributed by atoms with Gasteiger partial charge in [0, 0.05) is 27.6 Å². The van der Waals surface area contributed by atoms with Crippen LogP contribution in [0.25, 0.3) is 11.1 Å². The number of hydrogen-bond acceptors (Lipinski definition) is 7. The summed E-state index contributed by atoms with van der Waals surface area (Å²) in [7, 11) is 0. The zero-order valence-corrected chi connectivity index (χ0v) is 48.3. The van der Waals surface area contributed by atoms with Crippen LogP contribution < -0.4 is 14.7 Å². The third kappa shape index (κ3) is 7.26. The van der Waals surface area contributed by atoms with Crippen LogP contribution >= 0.6 is 0 Å². The van der Waals surface area contributed by atoms with Gasteiger partial charge in [0.25, 0.3) is 0 Å². The Morgan fingerprint density at radius 2 is 0.571 bits per heavy atom. The van der Waals surface area contributed by atoms with E-state index in [2.05, 4.69) is 288 Å². The second kappa shape index (κ2) is 18.5. The number of rotatable bonds is 5. The van der Waals surface area contributed by atoms with E-state index in [1.807, 2.05) is 0 Å². The zero-order valence-electron chi connectivity index (χ0n) is 48.3. The highest BCUT2D eigenvalue weighted by atomic mass is 15.2. The highest BCUT2D eigenvalue weighted by Gasteiger charge is 2.44. The summed E-state index contributed by atoms with van der Waals surface area (Å²) in [6.07, 6.45) is 0. The van der Waals surface area contributed by atoms with E-state index >= 15 is 0 Å². The first kappa shape index (κ1) is 51.7. The quantitative estimate of drug-likeness (QED) is 0.169. The molecule has 0 fully saturated rings. The first-order valence-corrected chi connectivity index (χ1v) is 28.8. The van der Waals surface area contributed by atoms with Gasteiger partial charge < -0.3 is 14.7 Å². The van der Waals surface area contributed by atoms with E-state index in [0.29, 0.717) is 33.6 Å². The Morgan fingerprint density at radius 1 is 0.262 bits per heavy atom. The standard InChI is InChI=1S/C77H59N7/c1-74(2)56-22-10-9-21-53(56)73(55-41-70(50(44-79)37-49(55)43-78)82-64-28-16-11-23-57(64)75(3,4)58-24-12-17-29-65(58)82)54-35-33-47(39-62(54)74)48-34-36-69-63(40-48)77(7,8)61-27-15-20-32-68(61)84(69)72-42-71(51(45-80)38-52(72)46-81)83-66-30-18-13-25-59(66)76(5,6)60-26-14-19-31-67(60)83/h9-42,73H,1-8H3. The Balaban J connectivity index is 0.931. The highest BCUT2D eigenvalue weighted by molar-refractivity contribution is 5.95. The number of nitrogens with zero attached hydrogens (tertiary/aromatic N) is 7. The number of para-hydroxylation sites is 5. The van der Waals surface area contributed by atoms with Crippen molar-refractivity contribution in [3.63, 3.8) is 0 Å². The van der Waals surface area contributed by atoms with Crippen molar-refractivity contribution in [2.24, 2.45) is 0 Å². The van der Waals surface area contributed by atoms with Crippen LogP contribution in [0.1, 0.15) is 145 Å². The van der Waals surface area contributed by atoms with E-state index in [1.165, 1.54) is 5.56 Å². The van der Waals surface area contributed by atoms with Crippen molar-refractivity contribution in [3.05, 3.63) is 290 Å². The molecule has 1 atom stereocenters. The van der Waals surface area contributed by atoms with Crippen LogP contribution in [0.4, 0.5) is 51.2 Å². The van der Waals surface area contributed by atoms with Gasteiger partial charge >= 0.3 is 0 Å². The lowest BCUT2D eigenvalue weighted by molar-refractivity contribution is 0.597. The number of fused-ring (bicyclic) bond motifs is 8. The Labute approximate surface area is 492 Å². The van der Waals surface area contributed by atoms with E-state index < -0.39 is 10.8 Å². The maximum absolute atomic E-state index is 11.1. The maximum Gasteiger partial charge on any atom is 0.101 e. The van der Waals surface area contributed by atoms with Crippen molar-refractivity contribution in [2.45, 2.75) is 83.0 Å². The number of anilines is 9. The van der Waals surface area contributed by atoms with Crippen molar-refractivity contribution in [3.8, 4) is 35.4 Å². The summed E-state index contributed by atoms with van der Waals surface area (Å²) < 4.78 is 0. The van der Waals surface area contributed by atoms with Crippen molar-refractivity contribution >= 4 is 51.2 Å². The SMILES string of the molecule is CC1(C)c2ccccc2C(c2cc(N3c4ccccc4C(C)(C)c4ccccc43)c(C#N)cc2C#N)c2ccc(-c3ccc4c(c3)C(C)(C)c3ccccc3N4c3cc(N4c5ccccc5C(C)(C)c5ccccc54)c(C#N)cc3C#N)cc21. The second-order valence-corrected chi connectivity index (χ2v) is 24.9. The average molecular weight is 1080 g/mol. The van der Waals surface area contributed by atoms with Gasteiger partial charge in [-0.3, -0.25) is 0 Å². The van der Waals surface area contributed by atoms with Crippen LogP contribution in [-0.2, 0) is 21.7 Å². The molecule has 0 bridgehead atoms. The van der Waals surface area contributed by atoms with Crippen LogP contribution in [0.15, 0.2) is 206 Å². The number of hydrogen-bond donors (Lipinski definition) is 0. The third-order valence-electron chi connectivity index (χ3n) is 19.1. The van der Waals surface area contributed by atoms with Crippen LogP contribution in [0.2, 0.25) is 0 Å². The van der Waals surface area contributed by atoms with Crippen molar-refractivity contribution < 1.29 is 0 Å². The molecular formula is C77H59N7. The summed E-state index contributed by atoms with van der Waals surface area (Å²) in [6, 6.07) is 82.3. The Hall–Kier alpha value is -10.4. The lowest BCUT2D eigenvalue weighted by atomic mass is 9.63. The average Bonchev–Trinajstić information content (AvgIpc) is 0.957. The molecule has 84 heavy (non-hydrogen) atoms. The fourth-order valence-corrected chi connectivity index (χ4v) is 14.8. The van der Waals surface area contributed by atoms with Gasteiger partial charge in [-0.25, -0.2) is 0 Å². The van der Waals surface area contributed by atoms with Crippen molar-refractivity contribution in [1.82, 2.24) is 0 Å². The van der Waals surface area contributed by atoms with Gasteiger partial charge in [-0.1, -0.05) is 189 Å². The number of nitriles is 4. The summed E-state index contributed by atoms with van der Waals surface area (Å²) in [5.74, 6) is -0.330. The van der Waals surface area contributed by atoms with Crippen molar-refractivity contribution in [1.29, 1.82) is 21.0 Å². The largest absolute Gasteiger partial charge is 0.309 e. The molecule has 7 heteroatoms. The Morgan fingerprint density at radius 3 is 1.00 bits per heavy atom. The normalized spacial score (nSPS) is 16.5. The molecule has 0 radical (unpaired) electrons. The molecule has 1 unspecified atom stereocenters. The first-order valence-electron chi connectivity index (χ1n) is 28.8. The predicted octanol–water partition coefficient (Wildman–Crippen LogP) is 19.0. The molecule has 10 aromatic carbocycles. The monoisotopic (exact) mass is 1080 g/mol. The highest BCUT2D eigenvalue weighted by Crippen LogP contribution is 2.59. The molecule has 0 spiro atoms. The minimum Gasteiger partial charge on any atom is -0.309 e. The molecule has 0 saturated heterocycles. The number of benzene rings is 10. The Bertz CT molecular complexity index is 4260. The lowest BCUT2D eigenvalue weighted by Crippen LogP contribution is -2.32. The minimum atomic E-state index is -0.472. The summed E-state index contributed by atoms with van der Waals surface area (Å²) in [5, 5.41) is 44.2. The fraction of sp³-hybridized carbons (Fsp3) is 0.169. The predicted molar refractivity (Wildman–Crippen MR) is 337 cm³/mol. The van der Waals surface area contributed by atoms with E-state index in [9.17, 15) is 21.0 Å². The van der Waals surface area contributed by atoms with Gasteiger partial charge in [-0.15, -0.1) is 0 Å². The molecule has 4 aliphatic rings. The maximum atomic E-state index is 11.1. The molecule has 7 nitrogen and oxygen atoms in total. The second-order valence-electron chi connectivity index (χ2n) is 24.9. The minimum absolute atomic E-state index is 0.295. The molecule has 0 N–H and O–H groups in total. The van der Waals surface area contributed by atoms with Crippen LogP contribution in [0, 0.1) is 45.3 Å². The van der Waals surface area contributed by atoms with Gasteiger partial charge in [-0.2, -0.15) is 21.0 Å². The molecule has 402 valence electrons.